The third kappa shape index (κ3) is 3.88. The minimum Gasteiger partial charge on any atom is -0.790 e. The van der Waals surface area contributed by atoms with E-state index in [9.17, 15) is 24.3 Å². The molecule has 0 radical (unpaired) electrons. The molecule has 0 bridgehead atoms. The van der Waals surface area contributed by atoms with E-state index in [2.05, 4.69) is 9.51 Å². The van der Waals surface area contributed by atoms with Crippen LogP contribution in [0.15, 0.2) is 11.0 Å². The molecule has 1 saturated heterocycles. The largest absolute Gasteiger partial charge is 0.790 e. The van der Waals surface area contributed by atoms with Crippen LogP contribution in [0, 0.1) is 6.92 Å². The molecule has 1 aliphatic rings. The second kappa shape index (κ2) is 5.84. The first kappa shape index (κ1) is 16.1. The van der Waals surface area contributed by atoms with Crippen LogP contribution >= 0.6 is 7.82 Å². The minimum absolute atomic E-state index is 0.0288. The summed E-state index contributed by atoms with van der Waals surface area (Å²) in [4.78, 5) is 36.2. The highest BCUT2D eigenvalue weighted by atomic mass is 31.2. The van der Waals surface area contributed by atoms with Crippen molar-refractivity contribution in [3.63, 3.8) is 0 Å². The lowest BCUT2D eigenvalue weighted by Gasteiger charge is -2.30. The van der Waals surface area contributed by atoms with Gasteiger partial charge in [-0.3, -0.25) is 4.57 Å². The summed E-state index contributed by atoms with van der Waals surface area (Å²) in [7, 11) is -5.15. The normalized spacial score (nSPS) is 26.2. The number of aryl methyl sites for hydroxylation is 1. The summed E-state index contributed by atoms with van der Waals surface area (Å²) >= 11 is 0. The van der Waals surface area contributed by atoms with E-state index in [1.54, 1.807) is 6.92 Å². The maximum absolute atomic E-state index is 11.7. The molecule has 118 valence electrons. The number of rotatable bonds is 4. The molecule has 0 aliphatic carbocycles. The van der Waals surface area contributed by atoms with Crippen LogP contribution in [-0.2, 0) is 13.8 Å². The van der Waals surface area contributed by atoms with Gasteiger partial charge in [0.05, 0.1) is 20.5 Å². The average molecular weight is 319 g/mol. The molecule has 10 nitrogen and oxygen atoms in total. The summed E-state index contributed by atoms with van der Waals surface area (Å²) in [6, 6.07) is 0. The summed E-state index contributed by atoms with van der Waals surface area (Å²) in [5, 5.41) is 9.77. The molecule has 1 aromatic heterocycles. The second-order valence-corrected chi connectivity index (χ2v) is 5.83. The first-order chi connectivity index (χ1) is 9.67. The van der Waals surface area contributed by atoms with Gasteiger partial charge in [-0.2, -0.15) is 4.98 Å². The van der Waals surface area contributed by atoms with Crippen LogP contribution in [0.2, 0.25) is 0 Å². The second-order valence-electron chi connectivity index (χ2n) is 4.67. The summed E-state index contributed by atoms with van der Waals surface area (Å²) in [5.41, 5.74) is 5.40. The zero-order valence-electron chi connectivity index (χ0n) is 11.0. The highest BCUT2D eigenvalue weighted by molar-refractivity contribution is 7.43. The van der Waals surface area contributed by atoms with Crippen molar-refractivity contribution in [1.82, 2.24) is 9.55 Å². The Kier molecular flexibility index (Phi) is 4.47. The van der Waals surface area contributed by atoms with E-state index in [1.165, 1.54) is 6.20 Å². The number of nitrogen functional groups attached to an aromatic ring is 1. The molecule has 2 heterocycles. The van der Waals surface area contributed by atoms with Crippen LogP contribution in [-0.4, -0.2) is 33.5 Å². The van der Waals surface area contributed by atoms with Crippen LogP contribution < -0.4 is 21.2 Å². The van der Waals surface area contributed by atoms with Crippen molar-refractivity contribution in [2.24, 2.45) is 0 Å². The van der Waals surface area contributed by atoms with Gasteiger partial charge in [0, 0.05) is 18.2 Å². The summed E-state index contributed by atoms with van der Waals surface area (Å²) in [6.07, 6.45) is -1.49. The number of anilines is 1. The Labute approximate surface area is 119 Å². The molecule has 2 rings (SSSR count). The van der Waals surface area contributed by atoms with E-state index >= 15 is 0 Å². The Morgan fingerprint density at radius 2 is 2.33 bits per heavy atom. The molecule has 11 heteroatoms. The zero-order chi connectivity index (χ0) is 15.8. The van der Waals surface area contributed by atoms with E-state index in [-0.39, 0.29) is 12.2 Å². The average Bonchev–Trinajstić information content (AvgIpc) is 2.72. The molecule has 3 N–H and O–H groups in total. The SMILES string of the molecule is Cc1cn([C@H]2C[C@H](O)[C@@H](COP(=O)([O-])[O-])O2)c(=O)nc1N. The topological polar surface area (TPSA) is 163 Å². The van der Waals surface area contributed by atoms with Crippen molar-refractivity contribution in [1.29, 1.82) is 0 Å². The molecular formula is C10H14N3O7P-2. The number of phosphoric acid groups is 1. The van der Waals surface area contributed by atoms with Gasteiger partial charge in [-0.15, -0.1) is 0 Å². The first-order valence-electron chi connectivity index (χ1n) is 6.03. The summed E-state index contributed by atoms with van der Waals surface area (Å²) in [5.74, 6) is 0.0910. The summed E-state index contributed by atoms with van der Waals surface area (Å²) in [6.45, 7) is 1.04. The number of hydrogen-bond donors (Lipinski definition) is 2. The maximum atomic E-state index is 11.7. The van der Waals surface area contributed by atoms with Crippen molar-refractivity contribution >= 4 is 13.6 Å². The number of aliphatic hydroxyl groups is 1. The Bertz CT molecular complexity index is 628. The van der Waals surface area contributed by atoms with Crippen molar-refractivity contribution in [2.45, 2.75) is 31.8 Å². The van der Waals surface area contributed by atoms with Gasteiger partial charge in [0.25, 0.3) is 0 Å². The lowest BCUT2D eigenvalue weighted by Crippen LogP contribution is -2.30. The van der Waals surface area contributed by atoms with E-state index in [1.807, 2.05) is 0 Å². The van der Waals surface area contributed by atoms with E-state index < -0.39 is 38.6 Å². The van der Waals surface area contributed by atoms with Gasteiger partial charge < -0.3 is 34.5 Å². The number of phosphoric ester groups is 1. The molecule has 0 spiro atoms. The fourth-order valence-corrected chi connectivity index (χ4v) is 2.32. The number of nitrogens with two attached hydrogens (primary N) is 1. The number of ether oxygens (including phenoxy) is 1. The van der Waals surface area contributed by atoms with Crippen LogP contribution in [0.5, 0.6) is 0 Å². The molecule has 0 amide bonds. The first-order valence-corrected chi connectivity index (χ1v) is 7.49. The molecule has 3 atom stereocenters. The summed E-state index contributed by atoms with van der Waals surface area (Å²) < 4.78 is 21.0. The predicted molar refractivity (Wildman–Crippen MR) is 65.7 cm³/mol. The number of hydrogen-bond acceptors (Lipinski definition) is 9. The lowest BCUT2D eigenvalue weighted by molar-refractivity contribution is -0.343. The van der Waals surface area contributed by atoms with Gasteiger partial charge >= 0.3 is 5.69 Å². The van der Waals surface area contributed by atoms with Crippen LogP contribution in [0.1, 0.15) is 18.2 Å². The molecule has 1 aliphatic heterocycles. The zero-order valence-corrected chi connectivity index (χ0v) is 11.9. The minimum atomic E-state index is -5.15. The van der Waals surface area contributed by atoms with Gasteiger partial charge in [-0.05, 0) is 6.92 Å². The number of aromatic nitrogens is 2. The highest BCUT2D eigenvalue weighted by Crippen LogP contribution is 2.32. The molecular weight excluding hydrogens is 305 g/mol. The smallest absolute Gasteiger partial charge is 0.351 e. The van der Waals surface area contributed by atoms with Crippen molar-refractivity contribution in [2.75, 3.05) is 12.3 Å². The van der Waals surface area contributed by atoms with E-state index in [0.29, 0.717) is 5.56 Å². The van der Waals surface area contributed by atoms with Gasteiger partial charge in [0.1, 0.15) is 18.1 Å². The Morgan fingerprint density at radius 3 is 2.95 bits per heavy atom. The third-order valence-corrected chi connectivity index (χ3v) is 3.55. The third-order valence-electron chi connectivity index (χ3n) is 3.09. The van der Waals surface area contributed by atoms with Crippen LogP contribution in [0.3, 0.4) is 0 Å². The predicted octanol–water partition coefficient (Wildman–Crippen LogP) is -2.37. The quantitative estimate of drug-likeness (QED) is 0.577. The molecule has 1 fully saturated rings. The van der Waals surface area contributed by atoms with Gasteiger partial charge in [-0.25, -0.2) is 4.79 Å². The fraction of sp³-hybridized carbons (Fsp3) is 0.600. The Hall–Kier alpha value is -1.29. The van der Waals surface area contributed by atoms with Crippen molar-refractivity contribution in [3.05, 3.63) is 22.2 Å². The Balaban J connectivity index is 2.12. The fourth-order valence-electron chi connectivity index (χ4n) is 1.99. The van der Waals surface area contributed by atoms with Gasteiger partial charge in [0.15, 0.2) is 0 Å². The van der Waals surface area contributed by atoms with Gasteiger partial charge in [0.2, 0.25) is 0 Å². The maximum Gasteiger partial charge on any atom is 0.351 e. The van der Waals surface area contributed by atoms with Crippen molar-refractivity contribution < 1.29 is 28.7 Å². The van der Waals surface area contributed by atoms with Gasteiger partial charge in [-0.1, -0.05) is 0 Å². The molecule has 1 aromatic rings. The number of nitrogens with zero attached hydrogens (tertiary/aromatic N) is 2. The number of aliphatic hydroxyl groups excluding tert-OH is 1. The monoisotopic (exact) mass is 319 g/mol. The Morgan fingerprint density at radius 1 is 1.67 bits per heavy atom. The van der Waals surface area contributed by atoms with Crippen LogP contribution in [0.25, 0.3) is 0 Å². The standard InChI is InChI=1S/C10H16N3O7P/c1-5-3-13(10(15)12-9(5)11)8-2-6(14)7(20-8)4-19-21(16,17)18/h3,6-8,14H,2,4H2,1H3,(H2,11,12,15)(H2,16,17,18)/p-2/t6-,7+,8+/m0/s1. The highest BCUT2D eigenvalue weighted by Gasteiger charge is 2.36. The van der Waals surface area contributed by atoms with E-state index in [0.717, 1.165) is 4.57 Å². The molecule has 0 saturated carbocycles. The van der Waals surface area contributed by atoms with Crippen molar-refractivity contribution in [3.8, 4) is 0 Å². The lowest BCUT2D eigenvalue weighted by atomic mass is 10.2. The molecule has 0 aromatic carbocycles. The molecule has 21 heavy (non-hydrogen) atoms. The van der Waals surface area contributed by atoms with E-state index in [4.69, 9.17) is 10.5 Å². The van der Waals surface area contributed by atoms with Crippen LogP contribution in [0.4, 0.5) is 5.82 Å². The molecule has 0 unspecified atom stereocenters.